The minimum absolute atomic E-state index is 0.0332. The van der Waals surface area contributed by atoms with E-state index in [1.165, 1.54) is 6.42 Å². The highest BCUT2D eigenvalue weighted by Crippen LogP contribution is 2.34. The van der Waals surface area contributed by atoms with Crippen molar-refractivity contribution in [1.82, 2.24) is 0 Å². The standard InChI is InChI=1S/C21H36O4/c1-15(2)9-8-14-24-20(22)17-11-5-6-12-18(17)21(23)25-19-13-7-4-10-16(19)3/h15-19H,4-14H2,1-3H3. The number of carbonyl (C=O) groups is 2. The highest BCUT2D eigenvalue weighted by Gasteiger charge is 2.39. The van der Waals surface area contributed by atoms with Crippen LogP contribution in [0.5, 0.6) is 0 Å². The first kappa shape index (κ1) is 20.3. The highest BCUT2D eigenvalue weighted by atomic mass is 16.5. The van der Waals surface area contributed by atoms with Gasteiger partial charge in [-0.25, -0.2) is 0 Å². The van der Waals surface area contributed by atoms with Crippen LogP contribution in [0.2, 0.25) is 0 Å². The van der Waals surface area contributed by atoms with Crippen LogP contribution >= 0.6 is 0 Å². The Balaban J connectivity index is 1.85. The van der Waals surface area contributed by atoms with Gasteiger partial charge in [-0.3, -0.25) is 9.59 Å². The summed E-state index contributed by atoms with van der Waals surface area (Å²) < 4.78 is 11.3. The summed E-state index contributed by atoms with van der Waals surface area (Å²) in [7, 11) is 0. The van der Waals surface area contributed by atoms with Gasteiger partial charge in [0.25, 0.3) is 0 Å². The van der Waals surface area contributed by atoms with Gasteiger partial charge in [-0.1, -0.05) is 40.0 Å². The van der Waals surface area contributed by atoms with Crippen LogP contribution in [-0.4, -0.2) is 24.6 Å². The first-order valence-electron chi connectivity index (χ1n) is 10.4. The van der Waals surface area contributed by atoms with Crippen molar-refractivity contribution in [2.75, 3.05) is 6.61 Å². The SMILES string of the molecule is CC(C)CCCOC(=O)C1CCCCC1C(=O)OC1CCCCC1C. The topological polar surface area (TPSA) is 52.6 Å². The minimum atomic E-state index is -0.306. The first-order chi connectivity index (χ1) is 12.0. The maximum Gasteiger partial charge on any atom is 0.310 e. The molecule has 2 aliphatic carbocycles. The van der Waals surface area contributed by atoms with Gasteiger partial charge in [-0.05, 0) is 56.8 Å². The monoisotopic (exact) mass is 352 g/mol. The predicted octanol–water partition coefficient (Wildman–Crippen LogP) is 4.89. The molecule has 0 bridgehead atoms. The number of ether oxygens (including phenoxy) is 2. The van der Waals surface area contributed by atoms with E-state index in [9.17, 15) is 9.59 Å². The summed E-state index contributed by atoms with van der Waals surface area (Å²) in [6.07, 6.45) is 9.94. The van der Waals surface area contributed by atoms with Crippen molar-refractivity contribution in [2.24, 2.45) is 23.7 Å². The van der Waals surface area contributed by atoms with Gasteiger partial charge in [0.2, 0.25) is 0 Å². The summed E-state index contributed by atoms with van der Waals surface area (Å²) in [4.78, 5) is 25.2. The van der Waals surface area contributed by atoms with E-state index >= 15 is 0 Å². The lowest BCUT2D eigenvalue weighted by molar-refractivity contribution is -0.169. The van der Waals surface area contributed by atoms with E-state index in [0.717, 1.165) is 57.8 Å². The fraction of sp³-hybridized carbons (Fsp3) is 0.905. The molecular weight excluding hydrogens is 316 g/mol. The smallest absolute Gasteiger partial charge is 0.310 e. The van der Waals surface area contributed by atoms with E-state index in [1.54, 1.807) is 0 Å². The van der Waals surface area contributed by atoms with Gasteiger partial charge in [-0.2, -0.15) is 0 Å². The number of hydrogen-bond acceptors (Lipinski definition) is 4. The molecule has 0 aromatic heterocycles. The minimum Gasteiger partial charge on any atom is -0.465 e. The lowest BCUT2D eigenvalue weighted by Gasteiger charge is -2.33. The molecule has 2 rings (SSSR count). The van der Waals surface area contributed by atoms with E-state index in [2.05, 4.69) is 20.8 Å². The molecule has 0 aliphatic heterocycles. The van der Waals surface area contributed by atoms with Gasteiger partial charge in [0.05, 0.1) is 18.4 Å². The van der Waals surface area contributed by atoms with Gasteiger partial charge in [-0.15, -0.1) is 0 Å². The fourth-order valence-electron chi connectivity index (χ4n) is 4.16. The Morgan fingerprint density at radius 1 is 0.920 bits per heavy atom. The Morgan fingerprint density at radius 2 is 1.52 bits per heavy atom. The Bertz CT molecular complexity index is 432. The third-order valence-corrected chi connectivity index (χ3v) is 5.84. The lowest BCUT2D eigenvalue weighted by Crippen LogP contribution is -2.38. The van der Waals surface area contributed by atoms with Gasteiger partial charge in [0.1, 0.15) is 6.10 Å². The summed E-state index contributed by atoms with van der Waals surface area (Å²) in [5, 5.41) is 0. The van der Waals surface area contributed by atoms with Crippen LogP contribution in [0, 0.1) is 23.7 Å². The molecule has 4 atom stereocenters. The molecule has 4 unspecified atom stereocenters. The second kappa shape index (κ2) is 10.2. The van der Waals surface area contributed by atoms with Crippen LogP contribution < -0.4 is 0 Å². The third kappa shape index (κ3) is 6.31. The molecule has 0 saturated heterocycles. The first-order valence-corrected chi connectivity index (χ1v) is 10.4. The second-order valence-corrected chi connectivity index (χ2v) is 8.44. The van der Waals surface area contributed by atoms with Crippen molar-refractivity contribution in [3.63, 3.8) is 0 Å². The molecular formula is C21H36O4. The molecule has 2 saturated carbocycles. The average molecular weight is 353 g/mol. The van der Waals surface area contributed by atoms with Crippen molar-refractivity contribution < 1.29 is 19.1 Å². The lowest BCUT2D eigenvalue weighted by atomic mass is 9.79. The molecule has 0 aromatic rings. The quantitative estimate of drug-likeness (QED) is 0.483. The van der Waals surface area contributed by atoms with Crippen molar-refractivity contribution in [1.29, 1.82) is 0 Å². The number of hydrogen-bond donors (Lipinski definition) is 0. The molecule has 25 heavy (non-hydrogen) atoms. The van der Waals surface area contributed by atoms with Crippen LogP contribution in [0.25, 0.3) is 0 Å². The molecule has 2 fully saturated rings. The maximum absolute atomic E-state index is 12.7. The van der Waals surface area contributed by atoms with Crippen LogP contribution in [-0.2, 0) is 19.1 Å². The largest absolute Gasteiger partial charge is 0.465 e. The number of esters is 2. The molecule has 4 heteroatoms. The van der Waals surface area contributed by atoms with Crippen molar-refractivity contribution in [3.05, 3.63) is 0 Å². The summed E-state index contributed by atoms with van der Waals surface area (Å²) in [5.41, 5.74) is 0. The summed E-state index contributed by atoms with van der Waals surface area (Å²) in [6, 6.07) is 0. The second-order valence-electron chi connectivity index (χ2n) is 8.44. The molecule has 0 aromatic carbocycles. The zero-order valence-corrected chi connectivity index (χ0v) is 16.3. The maximum atomic E-state index is 12.7. The van der Waals surface area contributed by atoms with E-state index < -0.39 is 0 Å². The summed E-state index contributed by atoms with van der Waals surface area (Å²) >= 11 is 0. The predicted molar refractivity (Wildman–Crippen MR) is 98.0 cm³/mol. The molecule has 144 valence electrons. The van der Waals surface area contributed by atoms with Crippen LogP contribution in [0.1, 0.15) is 85.0 Å². The Morgan fingerprint density at radius 3 is 2.16 bits per heavy atom. The molecule has 2 aliphatic rings. The van der Waals surface area contributed by atoms with Crippen LogP contribution in [0.4, 0.5) is 0 Å². The zero-order valence-electron chi connectivity index (χ0n) is 16.3. The number of rotatable bonds is 7. The van der Waals surface area contributed by atoms with E-state index in [4.69, 9.17) is 9.47 Å². The van der Waals surface area contributed by atoms with Crippen LogP contribution in [0.3, 0.4) is 0 Å². The van der Waals surface area contributed by atoms with Gasteiger partial charge in [0.15, 0.2) is 0 Å². The highest BCUT2D eigenvalue weighted by molar-refractivity contribution is 5.82. The van der Waals surface area contributed by atoms with Gasteiger partial charge in [0, 0.05) is 0 Å². The molecule has 4 nitrogen and oxygen atoms in total. The van der Waals surface area contributed by atoms with Crippen LogP contribution in [0.15, 0.2) is 0 Å². The Hall–Kier alpha value is -1.06. The fourth-order valence-corrected chi connectivity index (χ4v) is 4.16. The third-order valence-electron chi connectivity index (χ3n) is 5.84. The molecule has 0 N–H and O–H groups in total. The van der Waals surface area contributed by atoms with Crippen molar-refractivity contribution in [2.45, 2.75) is 91.1 Å². The molecule has 0 amide bonds. The Kier molecular flexibility index (Phi) is 8.25. The summed E-state index contributed by atoms with van der Waals surface area (Å²) in [5.74, 6) is 0.0840. The molecule has 0 heterocycles. The van der Waals surface area contributed by atoms with E-state index in [-0.39, 0.29) is 29.9 Å². The summed E-state index contributed by atoms with van der Waals surface area (Å²) in [6.45, 7) is 6.97. The van der Waals surface area contributed by atoms with Crippen molar-refractivity contribution >= 4 is 11.9 Å². The van der Waals surface area contributed by atoms with Gasteiger partial charge >= 0.3 is 11.9 Å². The molecule has 0 spiro atoms. The van der Waals surface area contributed by atoms with E-state index in [1.807, 2.05) is 0 Å². The Labute approximate surface area is 153 Å². The van der Waals surface area contributed by atoms with Crippen molar-refractivity contribution in [3.8, 4) is 0 Å². The molecule has 0 radical (unpaired) electrons. The van der Waals surface area contributed by atoms with Gasteiger partial charge < -0.3 is 9.47 Å². The average Bonchev–Trinajstić information content (AvgIpc) is 2.60. The van der Waals surface area contributed by atoms with E-state index in [0.29, 0.717) is 18.4 Å². The number of carbonyl (C=O) groups excluding carboxylic acids is 2. The normalized spacial score (nSPS) is 30.1. The zero-order chi connectivity index (χ0) is 18.2.